The molecular formula is C37H37Cl3F2N4O4S. The number of fused-ring (bicyclic) bond motifs is 1. The van der Waals surface area contributed by atoms with Crippen LogP contribution in [0.15, 0.2) is 69.2 Å². The fourth-order valence-corrected chi connectivity index (χ4v) is 8.54. The van der Waals surface area contributed by atoms with Crippen LogP contribution in [0.5, 0.6) is 11.5 Å². The Balaban J connectivity index is 1.42. The summed E-state index contributed by atoms with van der Waals surface area (Å²) in [5.74, 6) is 1.22. The summed E-state index contributed by atoms with van der Waals surface area (Å²) in [6.07, 6.45) is 0.834. The number of aromatic nitrogens is 1. The van der Waals surface area contributed by atoms with E-state index in [0.717, 1.165) is 39.4 Å². The Bertz CT molecular complexity index is 2000. The summed E-state index contributed by atoms with van der Waals surface area (Å²) >= 11 is 19.8. The summed E-state index contributed by atoms with van der Waals surface area (Å²) < 4.78 is 42.5. The van der Waals surface area contributed by atoms with Crippen molar-refractivity contribution >= 4 is 58.3 Å². The molecule has 3 heterocycles. The second-order valence-corrected chi connectivity index (χ2v) is 14.8. The number of urea groups is 1. The van der Waals surface area contributed by atoms with Crippen LogP contribution in [-0.4, -0.2) is 54.3 Å². The first-order valence-electron chi connectivity index (χ1n) is 16.4. The zero-order valence-electron chi connectivity index (χ0n) is 28.6. The van der Waals surface area contributed by atoms with E-state index in [2.05, 4.69) is 4.90 Å². The molecule has 0 spiro atoms. The number of benzene rings is 3. The van der Waals surface area contributed by atoms with Crippen molar-refractivity contribution in [3.8, 4) is 11.5 Å². The molecule has 0 saturated carbocycles. The van der Waals surface area contributed by atoms with Crippen LogP contribution in [0.4, 0.5) is 19.3 Å². The highest BCUT2D eigenvalue weighted by Crippen LogP contribution is 2.44. The van der Waals surface area contributed by atoms with Crippen molar-refractivity contribution < 1.29 is 23.0 Å². The molecule has 1 fully saturated rings. The van der Waals surface area contributed by atoms with E-state index in [1.165, 1.54) is 13.2 Å². The molecule has 0 N–H and O–H groups in total. The minimum atomic E-state index is -3.86. The SMILES string of the molecule is CCN1CCCN(c2cc3c(c(C)c2OC)CN(Cc2c(Sc4c(Cl)cccc4Cl)cc(C(F)(F)Cl)n(Cc4ccc(OC)cc4)c2=O)C3)C1=O. The van der Waals surface area contributed by atoms with Crippen molar-refractivity contribution in [2.75, 3.05) is 38.8 Å². The number of nitrogens with zero attached hydrogens (tertiary/aromatic N) is 4. The highest BCUT2D eigenvalue weighted by Gasteiger charge is 2.36. The van der Waals surface area contributed by atoms with Gasteiger partial charge in [-0.2, -0.15) is 8.78 Å². The van der Waals surface area contributed by atoms with Crippen LogP contribution in [0.2, 0.25) is 10.0 Å². The highest BCUT2D eigenvalue weighted by molar-refractivity contribution is 7.99. The molecule has 2 amide bonds. The van der Waals surface area contributed by atoms with E-state index in [-0.39, 0.29) is 29.6 Å². The van der Waals surface area contributed by atoms with E-state index < -0.39 is 16.6 Å². The van der Waals surface area contributed by atoms with Gasteiger partial charge in [0, 0.05) is 54.6 Å². The molecule has 0 aliphatic carbocycles. The number of rotatable bonds is 11. The first-order chi connectivity index (χ1) is 24.3. The number of pyridine rings is 1. The highest BCUT2D eigenvalue weighted by atomic mass is 35.5. The number of hydrogen-bond donors (Lipinski definition) is 0. The van der Waals surface area contributed by atoms with E-state index in [4.69, 9.17) is 44.3 Å². The molecule has 270 valence electrons. The average Bonchev–Trinajstić information content (AvgIpc) is 3.51. The van der Waals surface area contributed by atoms with Gasteiger partial charge in [-0.05, 0) is 90.5 Å². The van der Waals surface area contributed by atoms with Crippen LogP contribution in [0, 0.1) is 6.92 Å². The standard InChI is InChI=1S/C37H37Cl3F2N4O4S/c1-5-44-14-7-15-45(36(44)48)30-16-24-19-43(20-26(24)22(2)33(30)50-4)21-27-31(51-34-28(38)8-6-9-29(34)39)17-32(37(40,41)42)46(35(27)47)18-23-10-12-25(49-3)13-11-23/h6,8-13,16-17H,5,7,14-15,18-21H2,1-4H3. The van der Waals surface area contributed by atoms with Crippen LogP contribution in [0.25, 0.3) is 0 Å². The number of hydrogen-bond acceptors (Lipinski definition) is 6. The third-order valence-corrected chi connectivity index (χ3v) is 11.6. The largest absolute Gasteiger partial charge is 0.497 e. The second-order valence-electron chi connectivity index (χ2n) is 12.5. The number of alkyl halides is 3. The van der Waals surface area contributed by atoms with Gasteiger partial charge < -0.3 is 18.9 Å². The van der Waals surface area contributed by atoms with Gasteiger partial charge in [-0.3, -0.25) is 14.6 Å². The molecule has 0 radical (unpaired) electrons. The molecule has 2 aliphatic heterocycles. The maximum atomic E-state index is 15.2. The lowest BCUT2D eigenvalue weighted by Gasteiger charge is -2.36. The smallest absolute Gasteiger partial charge is 0.363 e. The van der Waals surface area contributed by atoms with Gasteiger partial charge in [0.1, 0.15) is 17.2 Å². The summed E-state index contributed by atoms with van der Waals surface area (Å²) in [4.78, 5) is 34.2. The zero-order valence-corrected chi connectivity index (χ0v) is 31.7. The molecule has 6 rings (SSSR count). The molecule has 51 heavy (non-hydrogen) atoms. The zero-order chi connectivity index (χ0) is 36.6. The van der Waals surface area contributed by atoms with Crippen LogP contribution in [-0.2, 0) is 31.6 Å². The third kappa shape index (κ3) is 7.55. The number of halogens is 5. The summed E-state index contributed by atoms with van der Waals surface area (Å²) in [6, 6.07) is 15.0. The van der Waals surface area contributed by atoms with Crippen molar-refractivity contribution in [1.29, 1.82) is 0 Å². The Hall–Kier alpha value is -3.48. The first kappa shape index (κ1) is 37.3. The van der Waals surface area contributed by atoms with E-state index in [1.54, 1.807) is 54.5 Å². The Morgan fingerprint density at radius 1 is 0.941 bits per heavy atom. The Labute approximate surface area is 314 Å². The number of carbonyl (C=O) groups excluding carboxylic acids is 1. The van der Waals surface area contributed by atoms with Crippen molar-refractivity contribution in [2.45, 2.75) is 61.6 Å². The Kier molecular flexibility index (Phi) is 11.1. The second kappa shape index (κ2) is 15.2. The number of carbonyl (C=O) groups is 1. The monoisotopic (exact) mass is 776 g/mol. The van der Waals surface area contributed by atoms with Crippen molar-refractivity contribution in [1.82, 2.24) is 14.4 Å². The topological polar surface area (TPSA) is 67.2 Å². The van der Waals surface area contributed by atoms with Gasteiger partial charge in [-0.25, -0.2) is 4.79 Å². The van der Waals surface area contributed by atoms with Crippen LogP contribution < -0.4 is 19.9 Å². The molecule has 0 bridgehead atoms. The number of ether oxygens (including phenoxy) is 2. The van der Waals surface area contributed by atoms with Crippen molar-refractivity contribution in [3.63, 3.8) is 0 Å². The molecule has 4 aromatic rings. The molecule has 1 saturated heterocycles. The van der Waals surface area contributed by atoms with E-state index in [9.17, 15) is 9.59 Å². The van der Waals surface area contributed by atoms with Crippen LogP contribution >= 0.6 is 46.6 Å². The van der Waals surface area contributed by atoms with Gasteiger partial charge in [0.15, 0.2) is 0 Å². The van der Waals surface area contributed by atoms with E-state index >= 15 is 8.78 Å². The quantitative estimate of drug-likeness (QED) is 0.142. The average molecular weight is 778 g/mol. The fourth-order valence-electron chi connectivity index (χ4n) is 6.76. The van der Waals surface area contributed by atoms with Crippen LogP contribution in [0.3, 0.4) is 0 Å². The fraction of sp³-hybridized carbons (Fsp3) is 0.351. The summed E-state index contributed by atoms with van der Waals surface area (Å²) in [7, 11) is 3.13. The Morgan fingerprint density at radius 3 is 2.27 bits per heavy atom. The number of methoxy groups -OCH3 is 2. The molecule has 14 heteroatoms. The molecular weight excluding hydrogens is 741 g/mol. The lowest BCUT2D eigenvalue weighted by Crippen LogP contribution is -2.49. The number of anilines is 1. The lowest BCUT2D eigenvalue weighted by molar-refractivity contribution is 0.0840. The summed E-state index contributed by atoms with van der Waals surface area (Å²) in [5, 5.41) is -3.23. The summed E-state index contributed by atoms with van der Waals surface area (Å²) in [6.45, 7) is 6.71. The minimum absolute atomic E-state index is 0.0650. The predicted molar refractivity (Wildman–Crippen MR) is 198 cm³/mol. The van der Waals surface area contributed by atoms with Gasteiger partial charge in [-0.15, -0.1) is 0 Å². The molecule has 2 aliphatic rings. The molecule has 3 aromatic carbocycles. The van der Waals surface area contributed by atoms with Gasteiger partial charge in [0.05, 0.1) is 36.5 Å². The van der Waals surface area contributed by atoms with Crippen molar-refractivity contribution in [2.24, 2.45) is 0 Å². The predicted octanol–water partition coefficient (Wildman–Crippen LogP) is 9.14. The normalized spacial score (nSPS) is 15.0. The van der Waals surface area contributed by atoms with Gasteiger partial charge in [0.2, 0.25) is 0 Å². The van der Waals surface area contributed by atoms with Crippen molar-refractivity contribution in [3.05, 3.63) is 109 Å². The molecule has 8 nitrogen and oxygen atoms in total. The molecule has 1 aromatic heterocycles. The maximum Gasteiger partial charge on any atom is 0.363 e. The third-order valence-electron chi connectivity index (χ3n) is 9.35. The molecule has 0 atom stereocenters. The van der Waals surface area contributed by atoms with Crippen LogP contribution in [0.1, 0.15) is 46.9 Å². The van der Waals surface area contributed by atoms with E-state index in [0.29, 0.717) is 70.4 Å². The first-order valence-corrected chi connectivity index (χ1v) is 18.4. The number of amides is 2. The van der Waals surface area contributed by atoms with Gasteiger partial charge in [-0.1, -0.05) is 53.2 Å². The molecule has 0 unspecified atom stereocenters. The lowest BCUT2D eigenvalue weighted by atomic mass is 10.0. The minimum Gasteiger partial charge on any atom is -0.497 e. The Morgan fingerprint density at radius 2 is 1.65 bits per heavy atom. The van der Waals surface area contributed by atoms with Gasteiger partial charge in [0.25, 0.3) is 5.56 Å². The maximum absolute atomic E-state index is 15.2. The van der Waals surface area contributed by atoms with Gasteiger partial charge >= 0.3 is 11.4 Å². The summed E-state index contributed by atoms with van der Waals surface area (Å²) in [5.41, 5.74) is 3.27. The van der Waals surface area contributed by atoms with E-state index in [1.807, 2.05) is 24.8 Å².